The molecule has 0 aliphatic heterocycles. The number of carbonyl (C=O) groups excluding carboxylic acids is 2. The van der Waals surface area contributed by atoms with Crippen molar-refractivity contribution in [3.05, 3.63) is 29.8 Å². The Morgan fingerprint density at radius 3 is 2.05 bits per heavy atom. The molecule has 6 nitrogen and oxygen atoms in total. The molecule has 0 aromatic heterocycles. The van der Waals surface area contributed by atoms with Crippen molar-refractivity contribution >= 4 is 17.5 Å². The van der Waals surface area contributed by atoms with Crippen molar-refractivity contribution in [3.8, 4) is 0 Å². The molecule has 1 aromatic rings. The van der Waals surface area contributed by atoms with Crippen LogP contribution in [0.5, 0.6) is 0 Å². The van der Waals surface area contributed by atoms with Gasteiger partial charge in [0.25, 0.3) is 0 Å². The van der Waals surface area contributed by atoms with E-state index in [9.17, 15) is 9.59 Å². The van der Waals surface area contributed by atoms with Crippen molar-refractivity contribution in [2.45, 2.75) is 13.5 Å². The van der Waals surface area contributed by atoms with Crippen LogP contribution in [0.25, 0.3) is 0 Å². The summed E-state index contributed by atoms with van der Waals surface area (Å²) in [5.74, 6) is -1.00. The number of hydrogen-bond donors (Lipinski definition) is 3. The molecule has 0 saturated heterocycles. The molecule has 0 saturated carbocycles. The zero-order valence-electron chi connectivity index (χ0n) is 11.1. The van der Waals surface area contributed by atoms with Gasteiger partial charge in [-0.05, 0) is 24.2 Å². The van der Waals surface area contributed by atoms with E-state index < -0.39 is 11.8 Å². The molecule has 0 spiro atoms. The maximum absolute atomic E-state index is 11.0. The summed E-state index contributed by atoms with van der Waals surface area (Å²) in [6.07, 6.45) is 0. The van der Waals surface area contributed by atoms with Gasteiger partial charge in [-0.2, -0.15) is 0 Å². The lowest BCUT2D eigenvalue weighted by molar-refractivity contribution is -0.117. The van der Waals surface area contributed by atoms with Crippen LogP contribution in [0.2, 0.25) is 0 Å². The second-order valence-corrected chi connectivity index (χ2v) is 4.24. The van der Waals surface area contributed by atoms with Gasteiger partial charge in [0.1, 0.15) is 0 Å². The number of amides is 2. The van der Waals surface area contributed by atoms with Gasteiger partial charge in [0.15, 0.2) is 0 Å². The summed E-state index contributed by atoms with van der Waals surface area (Å²) < 4.78 is 0. The van der Waals surface area contributed by atoms with E-state index in [1.54, 1.807) is 4.90 Å². The molecule has 2 amide bonds. The summed E-state index contributed by atoms with van der Waals surface area (Å²) in [6, 6.07) is 7.57. The Kier molecular flexibility index (Phi) is 5.81. The Bertz CT molecular complexity index is 415. The van der Waals surface area contributed by atoms with Crippen LogP contribution < -0.4 is 21.7 Å². The third-order valence-electron chi connectivity index (χ3n) is 2.57. The second kappa shape index (κ2) is 7.38. The first-order valence-electron chi connectivity index (χ1n) is 6.14. The third-order valence-corrected chi connectivity index (χ3v) is 2.57. The fourth-order valence-corrected chi connectivity index (χ4v) is 1.71. The van der Waals surface area contributed by atoms with E-state index >= 15 is 0 Å². The molecule has 0 aliphatic carbocycles. The number of rotatable bonds is 8. The molecular weight excluding hydrogens is 244 g/mol. The predicted octanol–water partition coefficient (Wildman–Crippen LogP) is -0.427. The van der Waals surface area contributed by atoms with Crippen molar-refractivity contribution in [3.63, 3.8) is 0 Å². The molecule has 0 heterocycles. The summed E-state index contributed by atoms with van der Waals surface area (Å²) in [5, 5.41) is 3.22. The highest BCUT2D eigenvalue weighted by atomic mass is 16.2. The van der Waals surface area contributed by atoms with Crippen LogP contribution in [0.1, 0.15) is 12.5 Å². The largest absolute Gasteiger partial charge is 0.368 e. The molecule has 0 unspecified atom stereocenters. The summed E-state index contributed by atoms with van der Waals surface area (Å²) in [4.78, 5) is 23.5. The normalized spacial score (nSPS) is 10.2. The van der Waals surface area contributed by atoms with Crippen molar-refractivity contribution in [1.82, 2.24) is 5.32 Å². The Balaban J connectivity index is 2.77. The van der Waals surface area contributed by atoms with E-state index in [-0.39, 0.29) is 13.1 Å². The highest BCUT2D eigenvalue weighted by Crippen LogP contribution is 2.14. The topological polar surface area (TPSA) is 101 Å². The zero-order chi connectivity index (χ0) is 14.3. The fraction of sp³-hybridized carbons (Fsp3) is 0.385. The average Bonchev–Trinajstić information content (AvgIpc) is 2.35. The van der Waals surface area contributed by atoms with Crippen molar-refractivity contribution in [2.75, 3.05) is 24.5 Å². The maximum atomic E-state index is 11.0. The van der Waals surface area contributed by atoms with Gasteiger partial charge in [0.05, 0.1) is 13.1 Å². The summed E-state index contributed by atoms with van der Waals surface area (Å²) in [5.41, 5.74) is 12.2. The minimum atomic E-state index is -0.502. The summed E-state index contributed by atoms with van der Waals surface area (Å²) >= 11 is 0. The minimum Gasteiger partial charge on any atom is -0.368 e. The molecule has 0 fully saturated rings. The molecular formula is C13H20N4O2. The van der Waals surface area contributed by atoms with Crippen LogP contribution in [0.4, 0.5) is 5.69 Å². The molecule has 0 aliphatic rings. The maximum Gasteiger partial charge on any atom is 0.236 e. The Labute approximate surface area is 112 Å². The first-order valence-corrected chi connectivity index (χ1v) is 6.14. The summed E-state index contributed by atoms with van der Waals surface area (Å²) in [7, 11) is 0. The van der Waals surface area contributed by atoms with Crippen LogP contribution >= 0.6 is 0 Å². The van der Waals surface area contributed by atoms with Gasteiger partial charge < -0.3 is 21.7 Å². The van der Waals surface area contributed by atoms with E-state index in [4.69, 9.17) is 11.5 Å². The first-order chi connectivity index (χ1) is 9.02. The second-order valence-electron chi connectivity index (χ2n) is 4.24. The molecule has 0 atom stereocenters. The van der Waals surface area contributed by atoms with Crippen LogP contribution in [0.15, 0.2) is 24.3 Å². The number of nitrogens with two attached hydrogens (primary N) is 2. The lowest BCUT2D eigenvalue weighted by Gasteiger charge is -2.21. The average molecular weight is 264 g/mol. The van der Waals surface area contributed by atoms with Gasteiger partial charge >= 0.3 is 0 Å². The van der Waals surface area contributed by atoms with Gasteiger partial charge in [-0.25, -0.2) is 0 Å². The molecule has 1 rings (SSSR count). The van der Waals surface area contributed by atoms with Gasteiger partial charge in [0, 0.05) is 12.2 Å². The monoisotopic (exact) mass is 264 g/mol. The van der Waals surface area contributed by atoms with E-state index in [2.05, 4.69) is 5.32 Å². The van der Waals surface area contributed by atoms with Gasteiger partial charge in [0.2, 0.25) is 11.8 Å². The smallest absolute Gasteiger partial charge is 0.236 e. The van der Waals surface area contributed by atoms with E-state index in [0.717, 1.165) is 24.3 Å². The number of anilines is 1. The van der Waals surface area contributed by atoms with Crippen molar-refractivity contribution < 1.29 is 9.59 Å². The minimum absolute atomic E-state index is 0.0322. The Morgan fingerprint density at radius 2 is 1.63 bits per heavy atom. The molecule has 1 aromatic carbocycles. The fourth-order valence-electron chi connectivity index (χ4n) is 1.71. The zero-order valence-corrected chi connectivity index (χ0v) is 11.1. The number of carbonyl (C=O) groups is 2. The molecule has 0 bridgehead atoms. The van der Waals surface area contributed by atoms with Crippen molar-refractivity contribution in [2.24, 2.45) is 11.5 Å². The van der Waals surface area contributed by atoms with Crippen LogP contribution in [-0.4, -0.2) is 31.4 Å². The Morgan fingerprint density at radius 1 is 1.11 bits per heavy atom. The quantitative estimate of drug-likeness (QED) is 0.593. The SMILES string of the molecule is CCNCc1ccc(N(CC(N)=O)CC(N)=O)cc1. The van der Waals surface area contributed by atoms with Crippen LogP contribution in [-0.2, 0) is 16.1 Å². The molecule has 5 N–H and O–H groups in total. The van der Waals surface area contributed by atoms with Crippen LogP contribution in [0.3, 0.4) is 0 Å². The van der Waals surface area contributed by atoms with E-state index in [1.165, 1.54) is 0 Å². The first kappa shape index (κ1) is 15.0. The van der Waals surface area contributed by atoms with Gasteiger partial charge in [-0.1, -0.05) is 19.1 Å². The number of primary amides is 2. The van der Waals surface area contributed by atoms with Crippen molar-refractivity contribution in [1.29, 1.82) is 0 Å². The lowest BCUT2D eigenvalue weighted by Crippen LogP contribution is -2.39. The standard InChI is InChI=1S/C13H20N4O2/c1-2-16-7-10-3-5-11(6-4-10)17(8-12(14)18)9-13(15)19/h3-6,16H,2,7-9H2,1H3,(H2,14,18)(H2,15,19). The summed E-state index contributed by atoms with van der Waals surface area (Å²) in [6.45, 7) is 3.65. The predicted molar refractivity (Wildman–Crippen MR) is 74.4 cm³/mol. The number of benzene rings is 1. The lowest BCUT2D eigenvalue weighted by atomic mass is 10.2. The molecule has 6 heteroatoms. The number of hydrogen-bond acceptors (Lipinski definition) is 4. The van der Waals surface area contributed by atoms with E-state index in [1.807, 2.05) is 31.2 Å². The highest BCUT2D eigenvalue weighted by Gasteiger charge is 2.11. The molecule has 0 radical (unpaired) electrons. The van der Waals surface area contributed by atoms with Gasteiger partial charge in [-0.15, -0.1) is 0 Å². The number of nitrogens with zero attached hydrogens (tertiary/aromatic N) is 1. The number of nitrogens with one attached hydrogen (secondary N) is 1. The highest BCUT2D eigenvalue weighted by molar-refractivity contribution is 5.84. The molecule has 104 valence electrons. The van der Waals surface area contributed by atoms with Crippen LogP contribution in [0, 0.1) is 0 Å². The van der Waals surface area contributed by atoms with E-state index in [0.29, 0.717) is 0 Å². The molecule has 19 heavy (non-hydrogen) atoms. The van der Waals surface area contributed by atoms with Gasteiger partial charge in [-0.3, -0.25) is 9.59 Å². The Hall–Kier alpha value is -2.08. The third kappa shape index (κ3) is 5.39.